The van der Waals surface area contributed by atoms with Crippen molar-refractivity contribution in [2.45, 2.75) is 58.8 Å². The van der Waals surface area contributed by atoms with Gasteiger partial charge < -0.3 is 5.32 Å². The van der Waals surface area contributed by atoms with E-state index in [1.807, 2.05) is 60.6 Å². The summed E-state index contributed by atoms with van der Waals surface area (Å²) in [5, 5.41) is 3.12. The molecule has 1 heterocycles. The maximum Gasteiger partial charge on any atom is 0.234 e. The van der Waals surface area contributed by atoms with Crippen LogP contribution < -0.4 is 5.32 Å². The summed E-state index contributed by atoms with van der Waals surface area (Å²) in [6.07, 6.45) is 0. The van der Waals surface area contributed by atoms with Gasteiger partial charge in [0.2, 0.25) is 5.91 Å². The summed E-state index contributed by atoms with van der Waals surface area (Å²) in [6.45, 7) is 14.1. The molecule has 0 aliphatic rings. The molecule has 1 amide bonds. The van der Waals surface area contributed by atoms with Crippen LogP contribution in [0.15, 0.2) is 12.1 Å². The van der Waals surface area contributed by atoms with E-state index in [1.165, 1.54) is 0 Å². The van der Waals surface area contributed by atoms with Gasteiger partial charge in [-0.25, -0.2) is 0 Å². The lowest BCUT2D eigenvalue weighted by Gasteiger charge is -2.32. The topological polar surface area (TPSA) is 42.0 Å². The second-order valence-electron chi connectivity index (χ2n) is 6.98. The zero-order valence-electron chi connectivity index (χ0n) is 13.5. The van der Waals surface area contributed by atoms with E-state index < -0.39 is 5.54 Å². The van der Waals surface area contributed by atoms with Crippen LogP contribution in [0.3, 0.4) is 0 Å². The standard InChI is InChI=1S/C16H25BrN2O/c1-10-8-12(9-11(2)18-10)16(6,7)19-14(20)13(17)15(3,4)5/h8-9,13H,1-7H3,(H,19,20). The molecule has 20 heavy (non-hydrogen) atoms. The molecule has 1 unspecified atom stereocenters. The third-order valence-corrected chi connectivity index (χ3v) is 5.02. The zero-order valence-corrected chi connectivity index (χ0v) is 15.1. The highest BCUT2D eigenvalue weighted by Gasteiger charge is 2.32. The van der Waals surface area contributed by atoms with Gasteiger partial charge in [0.25, 0.3) is 0 Å². The number of hydrogen-bond acceptors (Lipinski definition) is 2. The lowest BCUT2D eigenvalue weighted by molar-refractivity contribution is -0.123. The van der Waals surface area contributed by atoms with Crippen molar-refractivity contribution in [3.8, 4) is 0 Å². The number of carbonyl (C=O) groups excluding carboxylic acids is 1. The van der Waals surface area contributed by atoms with E-state index in [0.717, 1.165) is 17.0 Å². The Morgan fingerprint density at radius 3 is 2.00 bits per heavy atom. The number of aryl methyl sites for hydroxylation is 2. The van der Waals surface area contributed by atoms with Gasteiger partial charge >= 0.3 is 0 Å². The van der Waals surface area contributed by atoms with Crippen LogP contribution in [-0.2, 0) is 10.3 Å². The minimum Gasteiger partial charge on any atom is -0.346 e. The van der Waals surface area contributed by atoms with Crippen molar-refractivity contribution in [3.05, 3.63) is 29.1 Å². The van der Waals surface area contributed by atoms with Crippen molar-refractivity contribution >= 4 is 21.8 Å². The lowest BCUT2D eigenvalue weighted by Crippen LogP contribution is -2.47. The van der Waals surface area contributed by atoms with Crippen LogP contribution in [0.2, 0.25) is 0 Å². The highest BCUT2D eigenvalue weighted by atomic mass is 79.9. The molecule has 1 N–H and O–H groups in total. The van der Waals surface area contributed by atoms with Crippen molar-refractivity contribution in [3.63, 3.8) is 0 Å². The highest BCUT2D eigenvalue weighted by molar-refractivity contribution is 9.10. The van der Waals surface area contributed by atoms with Crippen LogP contribution in [0.5, 0.6) is 0 Å². The van der Waals surface area contributed by atoms with E-state index in [9.17, 15) is 4.79 Å². The molecule has 0 aliphatic carbocycles. The Bertz CT molecular complexity index is 483. The number of rotatable bonds is 3. The van der Waals surface area contributed by atoms with Crippen molar-refractivity contribution in [1.29, 1.82) is 0 Å². The van der Waals surface area contributed by atoms with Gasteiger partial charge in [-0.05, 0) is 50.8 Å². The minimum atomic E-state index is -0.424. The van der Waals surface area contributed by atoms with E-state index in [2.05, 4.69) is 26.2 Å². The summed E-state index contributed by atoms with van der Waals surface area (Å²) >= 11 is 3.49. The number of pyridine rings is 1. The maximum absolute atomic E-state index is 12.4. The van der Waals surface area contributed by atoms with Crippen LogP contribution in [0.25, 0.3) is 0 Å². The summed E-state index contributed by atoms with van der Waals surface area (Å²) < 4.78 is 0. The number of alkyl halides is 1. The molecule has 3 nitrogen and oxygen atoms in total. The van der Waals surface area contributed by atoms with E-state index >= 15 is 0 Å². The Hall–Kier alpha value is -0.900. The molecule has 0 bridgehead atoms. The second kappa shape index (κ2) is 5.84. The fourth-order valence-electron chi connectivity index (χ4n) is 2.03. The Balaban J connectivity index is 2.97. The van der Waals surface area contributed by atoms with E-state index in [1.54, 1.807) is 0 Å². The first-order chi connectivity index (χ1) is 8.93. The Morgan fingerprint density at radius 2 is 1.60 bits per heavy atom. The number of amides is 1. The maximum atomic E-state index is 12.4. The average molecular weight is 341 g/mol. The number of nitrogens with one attached hydrogen (secondary N) is 1. The third-order valence-electron chi connectivity index (χ3n) is 3.23. The molecule has 112 valence electrons. The average Bonchev–Trinajstić information content (AvgIpc) is 2.24. The van der Waals surface area contributed by atoms with Gasteiger partial charge in [0.1, 0.15) is 0 Å². The molecule has 0 fully saturated rings. The van der Waals surface area contributed by atoms with Crippen LogP contribution in [0, 0.1) is 19.3 Å². The number of hydrogen-bond donors (Lipinski definition) is 1. The van der Waals surface area contributed by atoms with E-state index in [0.29, 0.717) is 0 Å². The fraction of sp³-hybridized carbons (Fsp3) is 0.625. The highest BCUT2D eigenvalue weighted by Crippen LogP contribution is 2.28. The molecule has 0 radical (unpaired) electrons. The van der Waals surface area contributed by atoms with Gasteiger partial charge in [0, 0.05) is 11.4 Å². The first kappa shape index (κ1) is 17.2. The smallest absolute Gasteiger partial charge is 0.234 e. The van der Waals surface area contributed by atoms with Crippen LogP contribution in [0.1, 0.15) is 51.6 Å². The van der Waals surface area contributed by atoms with Gasteiger partial charge in [0.15, 0.2) is 0 Å². The Kier molecular flexibility index (Phi) is 5.01. The monoisotopic (exact) mass is 340 g/mol. The number of aromatic nitrogens is 1. The normalized spacial score (nSPS) is 14.0. The number of halogens is 1. The molecule has 0 spiro atoms. The third kappa shape index (κ3) is 4.30. The summed E-state index contributed by atoms with van der Waals surface area (Å²) in [6, 6.07) is 4.04. The van der Waals surface area contributed by atoms with Crippen LogP contribution in [0.4, 0.5) is 0 Å². The number of nitrogens with zero attached hydrogens (tertiary/aromatic N) is 1. The molecule has 1 aromatic rings. The molecule has 0 aromatic carbocycles. The molecule has 1 atom stereocenters. The molecule has 0 aliphatic heterocycles. The van der Waals surface area contributed by atoms with Gasteiger partial charge in [-0.3, -0.25) is 9.78 Å². The van der Waals surface area contributed by atoms with Crippen molar-refractivity contribution in [1.82, 2.24) is 10.3 Å². The second-order valence-corrected chi connectivity index (χ2v) is 7.90. The zero-order chi connectivity index (χ0) is 15.7. The lowest BCUT2D eigenvalue weighted by atomic mass is 9.89. The molecule has 1 aromatic heterocycles. The quantitative estimate of drug-likeness (QED) is 0.849. The molecule has 4 heteroatoms. The molecular formula is C16H25BrN2O. The summed E-state index contributed by atoms with van der Waals surface area (Å²) in [4.78, 5) is 16.5. The molecule has 0 saturated heterocycles. The molecular weight excluding hydrogens is 316 g/mol. The number of carbonyl (C=O) groups is 1. The predicted molar refractivity (Wildman–Crippen MR) is 87.0 cm³/mol. The van der Waals surface area contributed by atoms with Gasteiger partial charge in [0.05, 0.1) is 10.4 Å². The largest absolute Gasteiger partial charge is 0.346 e. The van der Waals surface area contributed by atoms with Crippen molar-refractivity contribution in [2.75, 3.05) is 0 Å². The van der Waals surface area contributed by atoms with E-state index in [4.69, 9.17) is 0 Å². The van der Waals surface area contributed by atoms with Crippen LogP contribution in [-0.4, -0.2) is 15.7 Å². The minimum absolute atomic E-state index is 0.00891. The summed E-state index contributed by atoms with van der Waals surface area (Å²) in [5.74, 6) is 0.00891. The molecule has 1 rings (SSSR count). The summed E-state index contributed by atoms with van der Waals surface area (Å²) in [5.41, 5.74) is 2.46. The van der Waals surface area contributed by atoms with Gasteiger partial charge in [-0.15, -0.1) is 0 Å². The van der Waals surface area contributed by atoms with Gasteiger partial charge in [-0.2, -0.15) is 0 Å². The first-order valence-electron chi connectivity index (χ1n) is 6.85. The first-order valence-corrected chi connectivity index (χ1v) is 7.77. The fourth-order valence-corrected chi connectivity index (χ4v) is 2.15. The Morgan fingerprint density at radius 1 is 1.15 bits per heavy atom. The van der Waals surface area contributed by atoms with Gasteiger partial charge in [-0.1, -0.05) is 36.7 Å². The predicted octanol–water partition coefficient (Wildman–Crippen LogP) is 3.86. The van der Waals surface area contributed by atoms with Crippen molar-refractivity contribution < 1.29 is 4.79 Å². The van der Waals surface area contributed by atoms with E-state index in [-0.39, 0.29) is 16.1 Å². The molecule has 0 saturated carbocycles. The van der Waals surface area contributed by atoms with Crippen LogP contribution >= 0.6 is 15.9 Å². The van der Waals surface area contributed by atoms with Crippen molar-refractivity contribution in [2.24, 2.45) is 5.41 Å². The Labute approximate surface area is 130 Å². The summed E-state index contributed by atoms with van der Waals surface area (Å²) in [7, 11) is 0. The SMILES string of the molecule is Cc1cc(C(C)(C)NC(=O)C(Br)C(C)(C)C)cc(C)n1.